The first-order chi connectivity index (χ1) is 15.8. The van der Waals surface area contributed by atoms with Crippen molar-refractivity contribution in [2.45, 2.75) is 33.1 Å². The second kappa shape index (κ2) is 10.7. The number of hydrogen-bond donors (Lipinski definition) is 1. The number of dihydropyridines is 1. The van der Waals surface area contributed by atoms with Crippen LogP contribution in [0.4, 0.5) is 0 Å². The van der Waals surface area contributed by atoms with E-state index in [1.54, 1.807) is 13.0 Å². The van der Waals surface area contributed by atoms with Gasteiger partial charge in [-0.1, -0.05) is 25.1 Å². The molecule has 178 valence electrons. The van der Waals surface area contributed by atoms with Crippen molar-refractivity contribution in [3.05, 3.63) is 52.4 Å². The van der Waals surface area contributed by atoms with Crippen LogP contribution in [-0.4, -0.2) is 51.8 Å². The molecule has 33 heavy (non-hydrogen) atoms. The molecule has 1 N–H and O–H groups in total. The summed E-state index contributed by atoms with van der Waals surface area (Å²) in [5.41, 5.74) is 2.65. The van der Waals surface area contributed by atoms with Gasteiger partial charge < -0.3 is 24.3 Å². The second-order valence-corrected chi connectivity index (χ2v) is 8.13. The largest absolute Gasteiger partial charge is 0.494 e. The van der Waals surface area contributed by atoms with Crippen LogP contribution in [-0.2, 0) is 28.6 Å². The zero-order valence-corrected chi connectivity index (χ0v) is 19.7. The van der Waals surface area contributed by atoms with Gasteiger partial charge in [0.25, 0.3) is 0 Å². The van der Waals surface area contributed by atoms with Crippen LogP contribution < -0.4 is 10.1 Å². The molecular formula is C25H31NO7. The Kier molecular flexibility index (Phi) is 7.92. The van der Waals surface area contributed by atoms with Crippen LogP contribution in [0.5, 0.6) is 5.75 Å². The second-order valence-electron chi connectivity index (χ2n) is 8.13. The molecule has 1 heterocycles. The van der Waals surface area contributed by atoms with Crippen molar-refractivity contribution in [2.24, 2.45) is 11.8 Å². The predicted molar refractivity (Wildman–Crippen MR) is 120 cm³/mol. The average molecular weight is 458 g/mol. The first-order valence-electron chi connectivity index (χ1n) is 11.1. The number of carbonyl (C=O) groups is 3. The Labute approximate surface area is 193 Å². The van der Waals surface area contributed by atoms with Gasteiger partial charge in [-0.2, -0.15) is 0 Å². The molecule has 0 aromatic heterocycles. The highest BCUT2D eigenvalue weighted by atomic mass is 16.6. The summed E-state index contributed by atoms with van der Waals surface area (Å²) < 4.78 is 21.2. The number of rotatable bonds is 8. The monoisotopic (exact) mass is 457 g/mol. The lowest BCUT2D eigenvalue weighted by Gasteiger charge is -2.38. The van der Waals surface area contributed by atoms with Crippen molar-refractivity contribution in [3.8, 4) is 5.75 Å². The molecule has 0 spiro atoms. The number of ketones is 1. The van der Waals surface area contributed by atoms with E-state index in [-0.39, 0.29) is 24.9 Å². The highest BCUT2D eigenvalue weighted by Gasteiger charge is 2.47. The quantitative estimate of drug-likeness (QED) is 0.361. The maximum absolute atomic E-state index is 13.7. The maximum Gasteiger partial charge on any atom is 0.336 e. The van der Waals surface area contributed by atoms with Crippen LogP contribution >= 0.6 is 0 Å². The highest BCUT2D eigenvalue weighted by molar-refractivity contribution is 6.12. The third kappa shape index (κ3) is 4.80. The molecule has 8 nitrogen and oxygen atoms in total. The fourth-order valence-corrected chi connectivity index (χ4v) is 4.56. The van der Waals surface area contributed by atoms with E-state index in [4.69, 9.17) is 18.9 Å². The molecule has 0 saturated carbocycles. The van der Waals surface area contributed by atoms with E-state index in [9.17, 15) is 14.4 Å². The van der Waals surface area contributed by atoms with Gasteiger partial charge in [0.2, 0.25) is 0 Å². The van der Waals surface area contributed by atoms with Gasteiger partial charge in [0.1, 0.15) is 18.3 Å². The average Bonchev–Trinajstić information content (AvgIpc) is 2.78. The fourth-order valence-electron chi connectivity index (χ4n) is 4.56. The summed E-state index contributed by atoms with van der Waals surface area (Å²) in [4.78, 5) is 39.4. The lowest BCUT2D eigenvalue weighted by molar-refractivity contribution is -0.151. The lowest BCUT2D eigenvalue weighted by atomic mass is 9.69. The number of benzene rings is 1. The third-order valence-corrected chi connectivity index (χ3v) is 6.01. The van der Waals surface area contributed by atoms with E-state index in [2.05, 4.69) is 5.32 Å². The molecule has 1 aliphatic carbocycles. The Morgan fingerprint density at radius 3 is 2.55 bits per heavy atom. The molecule has 2 aliphatic rings. The number of para-hydroxylation sites is 1. The zero-order chi connectivity index (χ0) is 24.1. The lowest BCUT2D eigenvalue weighted by Crippen LogP contribution is -2.43. The van der Waals surface area contributed by atoms with E-state index < -0.39 is 23.8 Å². The summed E-state index contributed by atoms with van der Waals surface area (Å²) in [6.07, 6.45) is 0.470. The van der Waals surface area contributed by atoms with Crippen LogP contribution in [0.3, 0.4) is 0 Å². The summed E-state index contributed by atoms with van der Waals surface area (Å²) in [7, 11) is 2.80. The molecule has 0 unspecified atom stereocenters. The molecule has 0 saturated heterocycles. The van der Waals surface area contributed by atoms with Crippen LogP contribution in [0.1, 0.15) is 38.7 Å². The molecular weight excluding hydrogens is 426 g/mol. The number of esters is 2. The van der Waals surface area contributed by atoms with E-state index >= 15 is 0 Å². The van der Waals surface area contributed by atoms with Gasteiger partial charge in [-0.05, 0) is 32.3 Å². The van der Waals surface area contributed by atoms with Gasteiger partial charge in [-0.25, -0.2) is 4.79 Å². The van der Waals surface area contributed by atoms with Crippen molar-refractivity contribution >= 4 is 17.7 Å². The maximum atomic E-state index is 13.7. The summed E-state index contributed by atoms with van der Waals surface area (Å²) >= 11 is 0. The van der Waals surface area contributed by atoms with E-state index in [1.807, 2.05) is 32.0 Å². The molecule has 0 amide bonds. The molecule has 3 atom stereocenters. The van der Waals surface area contributed by atoms with Crippen LogP contribution in [0, 0.1) is 11.8 Å². The van der Waals surface area contributed by atoms with Crippen molar-refractivity contribution in [1.82, 2.24) is 5.32 Å². The van der Waals surface area contributed by atoms with Gasteiger partial charge in [0.15, 0.2) is 5.78 Å². The first kappa shape index (κ1) is 24.5. The van der Waals surface area contributed by atoms with Crippen LogP contribution in [0.2, 0.25) is 0 Å². The van der Waals surface area contributed by atoms with Gasteiger partial charge >= 0.3 is 11.9 Å². The van der Waals surface area contributed by atoms with E-state index in [0.717, 1.165) is 0 Å². The molecule has 0 fully saturated rings. The van der Waals surface area contributed by atoms with Crippen molar-refractivity contribution in [1.29, 1.82) is 0 Å². The number of allylic oxidation sites excluding steroid dienone is 3. The number of Topliss-reactive ketones (excluding diaryl/α,β-unsaturated/α-hetero) is 1. The Hall–Kier alpha value is -3.13. The molecule has 8 heteroatoms. The molecule has 0 bridgehead atoms. The Morgan fingerprint density at radius 2 is 1.88 bits per heavy atom. The number of ether oxygens (including phenoxy) is 4. The normalized spacial score (nSPS) is 22.5. The first-order valence-corrected chi connectivity index (χ1v) is 11.1. The number of hydrogen-bond acceptors (Lipinski definition) is 8. The Balaban J connectivity index is 2.17. The van der Waals surface area contributed by atoms with Gasteiger partial charge in [0, 0.05) is 29.6 Å². The minimum atomic E-state index is -0.943. The Bertz CT molecular complexity index is 994. The smallest absolute Gasteiger partial charge is 0.336 e. The van der Waals surface area contributed by atoms with Gasteiger partial charge in [0.05, 0.1) is 31.8 Å². The fraction of sp³-hybridized carbons (Fsp3) is 0.480. The van der Waals surface area contributed by atoms with Gasteiger partial charge in [-0.15, -0.1) is 0 Å². The minimum absolute atomic E-state index is 0.0770. The highest BCUT2D eigenvalue weighted by Crippen LogP contribution is 2.47. The topological polar surface area (TPSA) is 100 Å². The van der Waals surface area contributed by atoms with Crippen molar-refractivity contribution in [2.75, 3.05) is 34.0 Å². The summed E-state index contributed by atoms with van der Waals surface area (Å²) in [6, 6.07) is 7.30. The standard InChI is InChI=1S/C25H31NO7/c1-6-32-18-10-8-7-9-16(18)21-20(25(29)33-12-11-30-4)15(3)26-17-13-14(2)19(24(28)31-5)23(27)22(17)21/h7-10,14,19,21,26H,6,11-13H2,1-5H3/t14-,19+,21+/m0/s1. The third-order valence-electron chi connectivity index (χ3n) is 6.01. The van der Waals surface area contributed by atoms with Crippen molar-refractivity contribution < 1.29 is 33.3 Å². The molecule has 3 rings (SSSR count). The molecule has 1 aromatic carbocycles. The van der Waals surface area contributed by atoms with Gasteiger partial charge in [-0.3, -0.25) is 9.59 Å². The molecule has 1 aromatic rings. The number of methoxy groups -OCH3 is 2. The number of carbonyl (C=O) groups excluding carboxylic acids is 3. The predicted octanol–water partition coefficient (Wildman–Crippen LogP) is 2.89. The van der Waals surface area contributed by atoms with E-state index in [1.165, 1.54) is 14.2 Å². The summed E-state index contributed by atoms with van der Waals surface area (Å²) in [5.74, 6) is -2.86. The zero-order valence-electron chi connectivity index (χ0n) is 19.7. The molecule has 0 radical (unpaired) electrons. The molecule has 1 aliphatic heterocycles. The van der Waals surface area contributed by atoms with Crippen LogP contribution in [0.15, 0.2) is 46.8 Å². The van der Waals surface area contributed by atoms with Crippen LogP contribution in [0.25, 0.3) is 0 Å². The van der Waals surface area contributed by atoms with E-state index in [0.29, 0.717) is 46.9 Å². The minimum Gasteiger partial charge on any atom is -0.494 e. The SMILES string of the molecule is CCOc1ccccc1[C@@H]1C(C(=O)OCCOC)=C(C)NC2=C1C(=O)[C@H](C(=O)OC)[C@@H](C)C2. The summed E-state index contributed by atoms with van der Waals surface area (Å²) in [6.45, 7) is 6.25. The summed E-state index contributed by atoms with van der Waals surface area (Å²) in [5, 5.41) is 3.24. The number of nitrogens with one attached hydrogen (secondary N) is 1. The van der Waals surface area contributed by atoms with Crippen molar-refractivity contribution in [3.63, 3.8) is 0 Å². The Morgan fingerprint density at radius 1 is 1.15 bits per heavy atom.